The van der Waals surface area contributed by atoms with Gasteiger partial charge in [-0.15, -0.1) is 0 Å². The van der Waals surface area contributed by atoms with Crippen molar-refractivity contribution in [3.63, 3.8) is 0 Å². The molecular formula is C38H48Cl2N2O9. The fourth-order valence-corrected chi connectivity index (χ4v) is 6.36. The van der Waals surface area contributed by atoms with Crippen LogP contribution in [0.5, 0.6) is 11.5 Å². The van der Waals surface area contributed by atoms with E-state index >= 15 is 0 Å². The van der Waals surface area contributed by atoms with Crippen LogP contribution in [0.4, 0.5) is 0 Å². The number of benzene rings is 3. The lowest BCUT2D eigenvalue weighted by atomic mass is 9.97. The van der Waals surface area contributed by atoms with Gasteiger partial charge in [-0.3, -0.25) is 9.69 Å². The van der Waals surface area contributed by atoms with E-state index in [-0.39, 0.29) is 18.4 Å². The quantitative estimate of drug-likeness (QED) is 0.106. The third-order valence-corrected chi connectivity index (χ3v) is 8.97. The van der Waals surface area contributed by atoms with Crippen LogP contribution in [-0.4, -0.2) is 110 Å². The Kier molecular flexibility index (Phi) is 16.8. The second-order valence-electron chi connectivity index (χ2n) is 12.0. The SMILES string of the molecule is COCCOCCOCCOCc1cc(OC)c(-c2ccc(CC(NC(=O)[C@@H]3CCN3CCc3cc(Cl)cc(Cl)c3)C(=O)OC)cc2)c(OC)c1. The Morgan fingerprint density at radius 2 is 1.39 bits per heavy atom. The average molecular weight is 748 g/mol. The number of hydrogen-bond acceptors (Lipinski definition) is 10. The van der Waals surface area contributed by atoms with E-state index in [9.17, 15) is 9.59 Å². The number of carbonyl (C=O) groups excluding carboxylic acids is 2. The Bertz CT molecular complexity index is 1510. The maximum absolute atomic E-state index is 13.3. The van der Waals surface area contributed by atoms with Crippen LogP contribution in [0, 0.1) is 0 Å². The van der Waals surface area contributed by atoms with E-state index in [4.69, 9.17) is 56.4 Å². The van der Waals surface area contributed by atoms with E-state index in [1.807, 2.05) is 48.5 Å². The van der Waals surface area contributed by atoms with Gasteiger partial charge in [-0.2, -0.15) is 0 Å². The number of ether oxygens (including phenoxy) is 7. The molecule has 1 aliphatic rings. The smallest absolute Gasteiger partial charge is 0.328 e. The first-order chi connectivity index (χ1) is 24.8. The van der Waals surface area contributed by atoms with Crippen LogP contribution in [-0.2, 0) is 52.7 Å². The molecule has 0 aromatic heterocycles. The molecule has 1 amide bonds. The molecule has 51 heavy (non-hydrogen) atoms. The predicted octanol–water partition coefficient (Wildman–Crippen LogP) is 5.39. The minimum absolute atomic E-state index is 0.202. The van der Waals surface area contributed by atoms with Crippen molar-refractivity contribution in [2.75, 3.05) is 81.2 Å². The summed E-state index contributed by atoms with van der Waals surface area (Å²) in [5.74, 6) is 0.556. The number of nitrogens with one attached hydrogen (secondary N) is 1. The molecule has 1 aliphatic heterocycles. The maximum Gasteiger partial charge on any atom is 0.328 e. The second kappa shape index (κ2) is 21.2. The van der Waals surface area contributed by atoms with Crippen LogP contribution in [0.3, 0.4) is 0 Å². The molecule has 0 spiro atoms. The van der Waals surface area contributed by atoms with Gasteiger partial charge in [0.25, 0.3) is 0 Å². The molecule has 0 radical (unpaired) electrons. The molecule has 1 heterocycles. The highest BCUT2D eigenvalue weighted by atomic mass is 35.5. The van der Waals surface area contributed by atoms with E-state index in [0.717, 1.165) is 34.4 Å². The standard InChI is InChI=1S/C38H48Cl2N2O9/c1-45-13-14-49-15-16-50-17-18-51-25-28-22-34(46-2)36(35(23-28)47-3)29-7-5-26(6-8-29)21-32(38(44)48-4)41-37(43)33-10-12-42(33)11-9-27-19-30(39)24-31(40)20-27/h5-8,19-20,22-24,32-33H,9-18,21,25H2,1-4H3,(H,41,43)/t32?,33-/m0/s1. The van der Waals surface area contributed by atoms with E-state index < -0.39 is 12.0 Å². The first-order valence-corrected chi connectivity index (χ1v) is 17.7. The van der Waals surface area contributed by atoms with E-state index in [1.54, 1.807) is 27.4 Å². The van der Waals surface area contributed by atoms with Crippen molar-refractivity contribution in [1.29, 1.82) is 0 Å². The van der Waals surface area contributed by atoms with Crippen LogP contribution >= 0.6 is 23.2 Å². The highest BCUT2D eigenvalue weighted by molar-refractivity contribution is 6.34. The van der Waals surface area contributed by atoms with Crippen molar-refractivity contribution >= 4 is 35.1 Å². The van der Waals surface area contributed by atoms with Crippen LogP contribution in [0.1, 0.15) is 23.1 Å². The molecule has 3 aromatic rings. The summed E-state index contributed by atoms with van der Waals surface area (Å²) in [4.78, 5) is 28.2. The molecule has 2 atom stereocenters. The van der Waals surface area contributed by atoms with Gasteiger partial charge in [-0.25, -0.2) is 4.79 Å². The van der Waals surface area contributed by atoms with Crippen molar-refractivity contribution in [3.05, 3.63) is 81.3 Å². The zero-order chi connectivity index (χ0) is 36.6. The number of hydrogen-bond donors (Lipinski definition) is 1. The zero-order valence-corrected chi connectivity index (χ0v) is 31.2. The van der Waals surface area contributed by atoms with Gasteiger partial charge in [0.1, 0.15) is 17.5 Å². The van der Waals surface area contributed by atoms with Gasteiger partial charge < -0.3 is 38.5 Å². The number of amides is 1. The molecule has 0 saturated carbocycles. The van der Waals surface area contributed by atoms with Crippen molar-refractivity contribution < 1.29 is 42.7 Å². The molecule has 278 valence electrons. The molecule has 0 aliphatic carbocycles. The van der Waals surface area contributed by atoms with Gasteiger partial charge >= 0.3 is 5.97 Å². The summed E-state index contributed by atoms with van der Waals surface area (Å²) in [5, 5.41) is 4.09. The lowest BCUT2D eigenvalue weighted by Gasteiger charge is -2.40. The van der Waals surface area contributed by atoms with Crippen LogP contribution in [0.2, 0.25) is 10.0 Å². The molecule has 1 N–H and O–H groups in total. The third-order valence-electron chi connectivity index (χ3n) is 8.54. The summed E-state index contributed by atoms with van der Waals surface area (Å²) < 4.78 is 38.3. The topological polar surface area (TPSA) is 114 Å². The van der Waals surface area contributed by atoms with Gasteiger partial charge in [0.2, 0.25) is 5.91 Å². The minimum Gasteiger partial charge on any atom is -0.496 e. The molecule has 3 aromatic carbocycles. The molecule has 4 rings (SSSR count). The summed E-state index contributed by atoms with van der Waals surface area (Å²) in [6.45, 7) is 4.79. The molecule has 0 bridgehead atoms. The minimum atomic E-state index is -0.842. The van der Waals surface area contributed by atoms with Gasteiger partial charge in [0.05, 0.1) is 79.2 Å². The van der Waals surface area contributed by atoms with E-state index in [2.05, 4.69) is 10.2 Å². The van der Waals surface area contributed by atoms with E-state index in [1.165, 1.54) is 7.11 Å². The van der Waals surface area contributed by atoms with Crippen LogP contribution in [0.25, 0.3) is 11.1 Å². The van der Waals surface area contributed by atoms with Crippen LogP contribution < -0.4 is 14.8 Å². The zero-order valence-electron chi connectivity index (χ0n) is 29.7. The first-order valence-electron chi connectivity index (χ1n) is 16.9. The Morgan fingerprint density at radius 1 is 0.784 bits per heavy atom. The highest BCUT2D eigenvalue weighted by Crippen LogP contribution is 2.40. The summed E-state index contributed by atoms with van der Waals surface area (Å²) in [6, 6.07) is 15.8. The highest BCUT2D eigenvalue weighted by Gasteiger charge is 2.36. The number of esters is 1. The van der Waals surface area contributed by atoms with E-state index in [0.29, 0.717) is 87.2 Å². The third kappa shape index (κ3) is 12.3. The largest absolute Gasteiger partial charge is 0.496 e. The molecular weight excluding hydrogens is 699 g/mol. The van der Waals surface area contributed by atoms with Crippen molar-refractivity contribution in [1.82, 2.24) is 10.2 Å². The van der Waals surface area contributed by atoms with Crippen LogP contribution in [0.15, 0.2) is 54.6 Å². The molecule has 1 saturated heterocycles. The summed E-state index contributed by atoms with van der Waals surface area (Å²) in [6.07, 6.45) is 1.67. The molecule has 13 heteroatoms. The van der Waals surface area contributed by atoms with Gasteiger partial charge in [-0.1, -0.05) is 47.5 Å². The molecule has 1 fully saturated rings. The summed E-state index contributed by atoms with van der Waals surface area (Å²) in [5.41, 5.74) is 4.40. The predicted molar refractivity (Wildman–Crippen MR) is 196 cm³/mol. The maximum atomic E-state index is 13.3. The summed E-state index contributed by atoms with van der Waals surface area (Å²) in [7, 11) is 6.18. The lowest BCUT2D eigenvalue weighted by Crippen LogP contribution is -2.59. The average Bonchev–Trinajstić information content (AvgIpc) is 3.10. The van der Waals surface area contributed by atoms with Crippen molar-refractivity contribution in [3.8, 4) is 22.6 Å². The van der Waals surface area contributed by atoms with Crippen molar-refractivity contribution in [2.24, 2.45) is 0 Å². The van der Waals surface area contributed by atoms with Crippen molar-refractivity contribution in [2.45, 2.75) is 38.0 Å². The lowest BCUT2D eigenvalue weighted by molar-refractivity contribution is -0.146. The van der Waals surface area contributed by atoms with Gasteiger partial charge in [0, 0.05) is 36.7 Å². The number of methoxy groups -OCH3 is 4. The number of nitrogens with zero attached hydrogens (tertiary/aromatic N) is 1. The second-order valence-corrected chi connectivity index (χ2v) is 12.9. The number of likely N-dealkylation sites (tertiary alicyclic amines) is 1. The molecule has 1 unspecified atom stereocenters. The first kappa shape index (κ1) is 40.4. The fraction of sp³-hybridized carbons (Fsp3) is 0.474. The monoisotopic (exact) mass is 746 g/mol. The normalized spacial score (nSPS) is 14.8. The van der Waals surface area contributed by atoms with Gasteiger partial charge in [-0.05, 0) is 65.4 Å². The Labute approximate surface area is 310 Å². The number of rotatable bonds is 22. The Morgan fingerprint density at radius 3 is 1.94 bits per heavy atom. The number of carbonyl (C=O) groups is 2. The van der Waals surface area contributed by atoms with Gasteiger partial charge in [0.15, 0.2) is 0 Å². The Hall–Kier alpha value is -3.42. The Balaban J connectivity index is 1.32. The fourth-order valence-electron chi connectivity index (χ4n) is 5.79. The number of halogens is 2. The summed E-state index contributed by atoms with van der Waals surface area (Å²) >= 11 is 12.3. The molecule has 11 nitrogen and oxygen atoms in total.